The predicted octanol–water partition coefficient (Wildman–Crippen LogP) is 5.69. The number of carbonyl (C=O) groups is 2. The molecular weight excluding hydrogens is 454 g/mol. The number of hydrogen-bond acceptors (Lipinski definition) is 5. The Bertz CT molecular complexity index is 906. The zero-order valence-corrected chi connectivity index (χ0v) is 22.5. The van der Waals surface area contributed by atoms with Crippen molar-refractivity contribution in [3.8, 4) is 5.88 Å². The molecule has 1 aromatic rings. The predicted molar refractivity (Wildman–Crippen MR) is 140 cm³/mol. The lowest BCUT2D eigenvalue weighted by Gasteiger charge is -2.41. The van der Waals surface area contributed by atoms with Gasteiger partial charge in [-0.1, -0.05) is 44.6 Å². The SMILES string of the molecule is CCOC(=O)/C(C)=C/Cn1ncc(C(=O)NC(C)C2CC3CCCC(C3)C2)c1OCC1CCCCC1. The van der Waals surface area contributed by atoms with Crippen molar-refractivity contribution in [3.63, 3.8) is 0 Å². The average molecular weight is 500 g/mol. The minimum absolute atomic E-state index is 0.116. The van der Waals surface area contributed by atoms with Gasteiger partial charge >= 0.3 is 5.97 Å². The van der Waals surface area contributed by atoms with E-state index in [-0.39, 0.29) is 17.9 Å². The molecule has 0 spiro atoms. The van der Waals surface area contributed by atoms with Crippen LogP contribution in [-0.4, -0.2) is 40.9 Å². The average Bonchev–Trinajstić information content (AvgIpc) is 3.29. The molecule has 1 heterocycles. The minimum Gasteiger partial charge on any atom is -0.477 e. The number of allylic oxidation sites excluding steroid dienone is 1. The first-order valence-electron chi connectivity index (χ1n) is 14.3. The molecule has 3 saturated carbocycles. The smallest absolute Gasteiger partial charge is 0.333 e. The molecule has 1 N–H and O–H groups in total. The molecule has 3 aliphatic carbocycles. The van der Waals surface area contributed by atoms with Gasteiger partial charge in [0.25, 0.3) is 5.91 Å². The Morgan fingerprint density at radius 3 is 2.53 bits per heavy atom. The highest BCUT2D eigenvalue weighted by Gasteiger charge is 2.35. The molecule has 0 aromatic carbocycles. The molecule has 7 heteroatoms. The van der Waals surface area contributed by atoms with E-state index in [1.165, 1.54) is 70.6 Å². The topological polar surface area (TPSA) is 82.5 Å². The standard InChI is InChI=1S/C29H45N3O4/c1-4-35-29(34)20(2)13-14-32-28(36-19-22-9-6-5-7-10-22)26(18-30-32)27(33)31-21(3)25-16-23-11-8-12-24(15-23)17-25/h13,18,21-25H,4-12,14-17,19H2,1-3H3,(H,31,33)/b20-13+. The summed E-state index contributed by atoms with van der Waals surface area (Å²) in [6, 6.07) is 0.126. The number of nitrogens with one attached hydrogen (secondary N) is 1. The number of ether oxygens (including phenoxy) is 2. The number of fused-ring (bicyclic) bond motifs is 2. The van der Waals surface area contributed by atoms with Gasteiger partial charge in [0.15, 0.2) is 0 Å². The monoisotopic (exact) mass is 499 g/mol. The van der Waals surface area contributed by atoms with E-state index in [1.54, 1.807) is 30.8 Å². The summed E-state index contributed by atoms with van der Waals surface area (Å²) < 4.78 is 13.1. The van der Waals surface area contributed by atoms with Gasteiger partial charge in [-0.15, -0.1) is 0 Å². The van der Waals surface area contributed by atoms with E-state index >= 15 is 0 Å². The van der Waals surface area contributed by atoms with Crippen LogP contribution >= 0.6 is 0 Å². The van der Waals surface area contributed by atoms with E-state index in [1.807, 2.05) is 0 Å². The van der Waals surface area contributed by atoms with Gasteiger partial charge < -0.3 is 14.8 Å². The van der Waals surface area contributed by atoms with Gasteiger partial charge in [0, 0.05) is 11.6 Å². The summed E-state index contributed by atoms with van der Waals surface area (Å²) in [7, 11) is 0. The van der Waals surface area contributed by atoms with E-state index in [9.17, 15) is 9.59 Å². The number of aromatic nitrogens is 2. The molecule has 2 bridgehead atoms. The normalized spacial score (nSPS) is 25.8. The molecule has 200 valence electrons. The van der Waals surface area contributed by atoms with Crippen LogP contribution in [-0.2, 0) is 16.1 Å². The van der Waals surface area contributed by atoms with Gasteiger partial charge in [0.1, 0.15) is 5.56 Å². The maximum Gasteiger partial charge on any atom is 0.333 e. The van der Waals surface area contributed by atoms with Crippen molar-refractivity contribution < 1.29 is 19.1 Å². The summed E-state index contributed by atoms with van der Waals surface area (Å²) >= 11 is 0. The van der Waals surface area contributed by atoms with Gasteiger partial charge in [-0.3, -0.25) is 4.79 Å². The number of hydrogen-bond donors (Lipinski definition) is 1. The van der Waals surface area contributed by atoms with Gasteiger partial charge in [-0.25, -0.2) is 9.48 Å². The minimum atomic E-state index is -0.335. The fraction of sp³-hybridized carbons (Fsp3) is 0.759. The van der Waals surface area contributed by atoms with Crippen LogP contribution in [0.2, 0.25) is 0 Å². The maximum absolute atomic E-state index is 13.4. The molecule has 3 fully saturated rings. The Labute approximate surface area is 216 Å². The van der Waals surface area contributed by atoms with E-state index in [0.29, 0.717) is 48.6 Å². The number of esters is 1. The lowest BCUT2D eigenvalue weighted by Crippen LogP contribution is -2.42. The molecule has 7 nitrogen and oxygen atoms in total. The summed E-state index contributed by atoms with van der Waals surface area (Å²) in [6.07, 6.45) is 17.4. The fourth-order valence-corrected chi connectivity index (χ4v) is 6.51. The van der Waals surface area contributed by atoms with E-state index in [2.05, 4.69) is 17.3 Å². The Kier molecular flexibility index (Phi) is 9.49. The van der Waals surface area contributed by atoms with Gasteiger partial charge in [0.05, 0.1) is 26.0 Å². The summed E-state index contributed by atoms with van der Waals surface area (Å²) in [5, 5.41) is 7.76. The Morgan fingerprint density at radius 1 is 1.11 bits per heavy atom. The van der Waals surface area contributed by atoms with Gasteiger partial charge in [0.2, 0.25) is 5.88 Å². The van der Waals surface area contributed by atoms with Crippen molar-refractivity contribution in [2.75, 3.05) is 13.2 Å². The number of nitrogens with zero attached hydrogens (tertiary/aromatic N) is 2. The molecule has 1 amide bonds. The molecule has 3 aliphatic rings. The van der Waals surface area contributed by atoms with Gasteiger partial charge in [-0.05, 0) is 76.5 Å². The van der Waals surface area contributed by atoms with Crippen LogP contribution in [0.4, 0.5) is 0 Å². The zero-order chi connectivity index (χ0) is 25.5. The lowest BCUT2D eigenvalue weighted by atomic mass is 9.66. The van der Waals surface area contributed by atoms with E-state index in [4.69, 9.17) is 9.47 Å². The lowest BCUT2D eigenvalue weighted by molar-refractivity contribution is -0.138. The Hall–Kier alpha value is -2.31. The van der Waals surface area contributed by atoms with E-state index < -0.39 is 0 Å². The van der Waals surface area contributed by atoms with Crippen molar-refractivity contribution in [1.29, 1.82) is 0 Å². The molecule has 0 saturated heterocycles. The van der Waals surface area contributed by atoms with Crippen LogP contribution < -0.4 is 10.1 Å². The van der Waals surface area contributed by atoms with Crippen LogP contribution in [0.5, 0.6) is 5.88 Å². The molecule has 3 atom stereocenters. The van der Waals surface area contributed by atoms with Crippen LogP contribution in [0.15, 0.2) is 17.8 Å². The highest BCUT2D eigenvalue weighted by Crippen LogP contribution is 2.43. The second-order valence-corrected chi connectivity index (χ2v) is 11.4. The molecular formula is C29H45N3O4. The second kappa shape index (κ2) is 12.8. The van der Waals surface area contributed by atoms with Crippen molar-refractivity contribution in [2.24, 2.45) is 23.7 Å². The Balaban J connectivity index is 1.45. The molecule has 0 aliphatic heterocycles. The molecule has 3 unspecified atom stereocenters. The third kappa shape index (κ3) is 6.92. The summed E-state index contributed by atoms with van der Waals surface area (Å²) in [5.74, 6) is 2.75. The largest absolute Gasteiger partial charge is 0.477 e. The second-order valence-electron chi connectivity index (χ2n) is 11.4. The third-order valence-corrected chi connectivity index (χ3v) is 8.61. The molecule has 1 aromatic heterocycles. The van der Waals surface area contributed by atoms with Crippen molar-refractivity contribution in [2.45, 2.75) is 104 Å². The number of carbonyl (C=O) groups excluding carboxylic acids is 2. The summed E-state index contributed by atoms with van der Waals surface area (Å²) in [6.45, 7) is 6.96. The van der Waals surface area contributed by atoms with E-state index in [0.717, 1.165) is 11.8 Å². The maximum atomic E-state index is 13.4. The van der Waals surface area contributed by atoms with Crippen LogP contribution in [0.3, 0.4) is 0 Å². The zero-order valence-electron chi connectivity index (χ0n) is 22.5. The summed E-state index contributed by atoms with van der Waals surface area (Å²) in [5.41, 5.74) is 1.00. The Morgan fingerprint density at radius 2 is 1.83 bits per heavy atom. The van der Waals surface area contributed by atoms with Crippen LogP contribution in [0.1, 0.15) is 102 Å². The van der Waals surface area contributed by atoms with Crippen LogP contribution in [0.25, 0.3) is 0 Å². The van der Waals surface area contributed by atoms with Crippen LogP contribution in [0, 0.1) is 23.7 Å². The highest BCUT2D eigenvalue weighted by molar-refractivity contribution is 5.96. The quantitative estimate of drug-likeness (QED) is 0.330. The first-order chi connectivity index (χ1) is 17.4. The fourth-order valence-electron chi connectivity index (χ4n) is 6.51. The van der Waals surface area contributed by atoms with Crippen molar-refractivity contribution >= 4 is 11.9 Å². The molecule has 36 heavy (non-hydrogen) atoms. The third-order valence-electron chi connectivity index (χ3n) is 8.61. The summed E-state index contributed by atoms with van der Waals surface area (Å²) in [4.78, 5) is 25.5. The highest BCUT2D eigenvalue weighted by atomic mass is 16.5. The first-order valence-corrected chi connectivity index (χ1v) is 14.3. The van der Waals surface area contributed by atoms with Crippen molar-refractivity contribution in [3.05, 3.63) is 23.4 Å². The first kappa shape index (κ1) is 26.7. The molecule has 4 rings (SSSR count). The number of rotatable bonds is 10. The molecule has 0 radical (unpaired) electrons. The van der Waals surface area contributed by atoms with Gasteiger partial charge in [-0.2, -0.15) is 5.10 Å². The number of amides is 1. The van der Waals surface area contributed by atoms with Crippen molar-refractivity contribution in [1.82, 2.24) is 15.1 Å².